The number of ether oxygens (including phenoxy) is 1. The van der Waals surface area contributed by atoms with Gasteiger partial charge < -0.3 is 10.1 Å². The summed E-state index contributed by atoms with van der Waals surface area (Å²) in [6.07, 6.45) is 0. The van der Waals surface area contributed by atoms with Crippen LogP contribution in [0, 0.1) is 0 Å². The predicted molar refractivity (Wildman–Crippen MR) is 88.2 cm³/mol. The Morgan fingerprint density at radius 3 is 2.80 bits per heavy atom. The minimum absolute atomic E-state index is 0.192. The summed E-state index contributed by atoms with van der Waals surface area (Å²) in [5.74, 6) is 0.967. The van der Waals surface area contributed by atoms with E-state index in [4.69, 9.17) is 4.74 Å². The third kappa shape index (κ3) is 2.35. The molecule has 0 radical (unpaired) electrons. The van der Waals surface area contributed by atoms with Gasteiger partial charge in [0.15, 0.2) is 0 Å². The fourth-order valence-corrected chi connectivity index (χ4v) is 4.38. The van der Waals surface area contributed by atoms with Crippen LogP contribution in [0.1, 0.15) is 23.4 Å². The van der Waals surface area contributed by atoms with Crippen molar-refractivity contribution in [3.05, 3.63) is 51.5 Å². The van der Waals surface area contributed by atoms with E-state index >= 15 is 0 Å². The van der Waals surface area contributed by atoms with Crippen molar-refractivity contribution in [2.24, 2.45) is 0 Å². The predicted octanol–water partition coefficient (Wildman–Crippen LogP) is 4.67. The summed E-state index contributed by atoms with van der Waals surface area (Å²) in [5.41, 5.74) is 1.33. The molecule has 3 aromatic rings. The Morgan fingerprint density at radius 1 is 1.15 bits per heavy atom. The molecule has 0 saturated heterocycles. The number of hydrogen-bond donors (Lipinski definition) is 1. The van der Waals surface area contributed by atoms with Crippen LogP contribution in [0.3, 0.4) is 0 Å². The lowest BCUT2D eigenvalue weighted by molar-refractivity contribution is 0.408. The van der Waals surface area contributed by atoms with E-state index in [1.807, 2.05) is 6.07 Å². The average molecular weight is 303 g/mol. The Hall–Kier alpha value is -1.36. The van der Waals surface area contributed by atoms with E-state index in [1.165, 1.54) is 20.5 Å². The van der Waals surface area contributed by atoms with E-state index in [0.717, 1.165) is 12.3 Å². The van der Waals surface area contributed by atoms with Crippen molar-refractivity contribution in [2.45, 2.75) is 13.0 Å². The van der Waals surface area contributed by atoms with Crippen LogP contribution < -0.4 is 10.1 Å². The molecule has 2 nitrogen and oxygen atoms in total. The first kappa shape index (κ1) is 13.6. The van der Waals surface area contributed by atoms with Gasteiger partial charge in [0.25, 0.3) is 0 Å². The highest BCUT2D eigenvalue weighted by Gasteiger charge is 2.21. The summed E-state index contributed by atoms with van der Waals surface area (Å²) in [4.78, 5) is 1.25. The maximum absolute atomic E-state index is 5.50. The summed E-state index contributed by atoms with van der Waals surface area (Å²) < 4.78 is 6.86. The van der Waals surface area contributed by atoms with Crippen LogP contribution in [0.5, 0.6) is 5.75 Å². The largest absolute Gasteiger partial charge is 0.496 e. The number of methoxy groups -OCH3 is 1. The highest BCUT2D eigenvalue weighted by atomic mass is 32.1. The van der Waals surface area contributed by atoms with Crippen molar-refractivity contribution in [3.63, 3.8) is 0 Å². The third-order valence-corrected chi connectivity index (χ3v) is 5.31. The molecule has 0 bridgehead atoms. The number of fused-ring (bicyclic) bond motifs is 1. The molecule has 0 amide bonds. The van der Waals surface area contributed by atoms with Crippen LogP contribution in [0.25, 0.3) is 10.1 Å². The number of thiophene rings is 2. The maximum atomic E-state index is 5.50. The number of rotatable bonds is 5. The van der Waals surface area contributed by atoms with Crippen molar-refractivity contribution in [1.29, 1.82) is 0 Å². The van der Waals surface area contributed by atoms with Gasteiger partial charge in [-0.3, -0.25) is 0 Å². The third-order valence-electron chi connectivity index (χ3n) is 3.37. The number of benzene rings is 1. The zero-order valence-electron chi connectivity index (χ0n) is 11.6. The van der Waals surface area contributed by atoms with Crippen molar-refractivity contribution in [3.8, 4) is 5.75 Å². The van der Waals surface area contributed by atoms with E-state index < -0.39 is 0 Å². The second-order valence-electron chi connectivity index (χ2n) is 4.53. The van der Waals surface area contributed by atoms with Crippen molar-refractivity contribution < 1.29 is 4.74 Å². The highest BCUT2D eigenvalue weighted by Crippen LogP contribution is 2.38. The van der Waals surface area contributed by atoms with Gasteiger partial charge in [0.05, 0.1) is 18.0 Å². The molecular weight excluding hydrogens is 286 g/mol. The van der Waals surface area contributed by atoms with E-state index in [9.17, 15) is 0 Å². The molecule has 0 spiro atoms. The summed E-state index contributed by atoms with van der Waals surface area (Å²) in [6, 6.07) is 10.9. The zero-order valence-corrected chi connectivity index (χ0v) is 13.2. The quantitative estimate of drug-likeness (QED) is 0.739. The standard InChI is InChI=1S/C16H17NOS2/c1-3-17-14(16-13(18-2)8-10-20-16)12-6-4-5-11-7-9-19-15(11)12/h4-10,14,17H,3H2,1-2H3. The molecule has 0 aliphatic carbocycles. The van der Waals surface area contributed by atoms with Crippen LogP contribution >= 0.6 is 22.7 Å². The lowest BCUT2D eigenvalue weighted by Gasteiger charge is -2.19. The van der Waals surface area contributed by atoms with Crippen molar-refractivity contribution in [1.82, 2.24) is 5.32 Å². The molecule has 104 valence electrons. The SMILES string of the molecule is CCNC(c1sccc1OC)c1cccc2ccsc12. The molecule has 2 heterocycles. The topological polar surface area (TPSA) is 21.3 Å². The fourth-order valence-electron chi connectivity index (χ4n) is 2.48. The number of nitrogens with one attached hydrogen (secondary N) is 1. The van der Waals surface area contributed by atoms with Crippen LogP contribution in [-0.4, -0.2) is 13.7 Å². The van der Waals surface area contributed by atoms with Gasteiger partial charge in [0.1, 0.15) is 5.75 Å². The van der Waals surface area contributed by atoms with Gasteiger partial charge in [-0.1, -0.05) is 25.1 Å². The van der Waals surface area contributed by atoms with Gasteiger partial charge in [-0.25, -0.2) is 0 Å². The molecule has 20 heavy (non-hydrogen) atoms. The van der Waals surface area contributed by atoms with Gasteiger partial charge in [0, 0.05) is 4.70 Å². The summed E-state index contributed by atoms with van der Waals surface area (Å²) in [7, 11) is 1.74. The molecule has 1 unspecified atom stereocenters. The normalized spacial score (nSPS) is 12.7. The smallest absolute Gasteiger partial charge is 0.134 e. The van der Waals surface area contributed by atoms with Gasteiger partial charge in [-0.15, -0.1) is 22.7 Å². The molecule has 0 aliphatic rings. The minimum atomic E-state index is 0.192. The maximum Gasteiger partial charge on any atom is 0.134 e. The summed E-state index contributed by atoms with van der Waals surface area (Å²) in [5, 5.41) is 9.15. The Morgan fingerprint density at radius 2 is 2.00 bits per heavy atom. The van der Waals surface area contributed by atoms with E-state index in [0.29, 0.717) is 0 Å². The number of hydrogen-bond acceptors (Lipinski definition) is 4. The van der Waals surface area contributed by atoms with E-state index in [1.54, 1.807) is 29.8 Å². The molecule has 1 N–H and O–H groups in total. The molecule has 2 aromatic heterocycles. The van der Waals surface area contributed by atoms with E-state index in [2.05, 4.69) is 47.3 Å². The van der Waals surface area contributed by atoms with Gasteiger partial charge in [-0.2, -0.15) is 0 Å². The molecular formula is C16H17NOS2. The van der Waals surface area contributed by atoms with Crippen molar-refractivity contribution in [2.75, 3.05) is 13.7 Å². The summed E-state index contributed by atoms with van der Waals surface area (Å²) >= 11 is 3.55. The minimum Gasteiger partial charge on any atom is -0.496 e. The van der Waals surface area contributed by atoms with Crippen LogP contribution in [0.4, 0.5) is 0 Å². The Kier molecular flexibility index (Phi) is 4.05. The molecule has 1 aromatic carbocycles. The second kappa shape index (κ2) is 5.95. The molecule has 0 aliphatic heterocycles. The van der Waals surface area contributed by atoms with Gasteiger partial charge in [0.2, 0.25) is 0 Å². The zero-order chi connectivity index (χ0) is 13.9. The second-order valence-corrected chi connectivity index (χ2v) is 6.39. The molecule has 0 fully saturated rings. The van der Waals surface area contributed by atoms with Gasteiger partial charge in [-0.05, 0) is 40.4 Å². The van der Waals surface area contributed by atoms with E-state index in [-0.39, 0.29) is 6.04 Å². The first-order valence-corrected chi connectivity index (χ1v) is 8.42. The Balaban J connectivity index is 2.13. The first-order chi connectivity index (χ1) is 9.85. The van der Waals surface area contributed by atoms with Crippen LogP contribution in [0.15, 0.2) is 41.1 Å². The first-order valence-electron chi connectivity index (χ1n) is 6.66. The molecule has 4 heteroatoms. The molecule has 3 rings (SSSR count). The Labute approximate surface area is 127 Å². The van der Waals surface area contributed by atoms with Crippen molar-refractivity contribution >= 4 is 32.8 Å². The lowest BCUT2D eigenvalue weighted by atomic mass is 10.0. The fraction of sp³-hybridized carbons (Fsp3) is 0.250. The Bertz CT molecular complexity index is 701. The van der Waals surface area contributed by atoms with Crippen LogP contribution in [-0.2, 0) is 0 Å². The van der Waals surface area contributed by atoms with Crippen LogP contribution in [0.2, 0.25) is 0 Å². The average Bonchev–Trinajstić information content (AvgIpc) is 3.12. The van der Waals surface area contributed by atoms with Gasteiger partial charge >= 0.3 is 0 Å². The monoisotopic (exact) mass is 303 g/mol. The lowest BCUT2D eigenvalue weighted by Crippen LogP contribution is -2.21. The summed E-state index contributed by atoms with van der Waals surface area (Å²) in [6.45, 7) is 3.06. The molecule has 1 atom stereocenters. The highest BCUT2D eigenvalue weighted by molar-refractivity contribution is 7.17. The molecule has 0 saturated carbocycles.